The summed E-state index contributed by atoms with van der Waals surface area (Å²) < 4.78 is 3.26. The average molecular weight is 349 g/mol. The molecule has 1 aliphatic rings. The first kappa shape index (κ1) is 16.3. The van der Waals surface area contributed by atoms with Crippen molar-refractivity contribution in [2.24, 2.45) is 5.73 Å². The summed E-state index contributed by atoms with van der Waals surface area (Å²) in [5.41, 5.74) is 8.74. The van der Waals surface area contributed by atoms with Crippen LogP contribution in [0.25, 0.3) is 5.69 Å². The second kappa shape index (κ2) is 6.59. The van der Waals surface area contributed by atoms with Gasteiger partial charge in [-0.1, -0.05) is 12.1 Å². The quantitative estimate of drug-likeness (QED) is 0.743. The molecule has 4 rings (SSSR count). The van der Waals surface area contributed by atoms with Crippen LogP contribution in [0.5, 0.6) is 0 Å². The van der Waals surface area contributed by atoms with Crippen LogP contribution < -0.4 is 11.3 Å². The topological polar surface area (TPSA) is 95.8 Å². The minimum atomic E-state index is -0.487. The van der Waals surface area contributed by atoms with Gasteiger partial charge in [-0.2, -0.15) is 5.10 Å². The molecular weight excluding hydrogens is 330 g/mol. The summed E-state index contributed by atoms with van der Waals surface area (Å²) in [6.07, 6.45) is 4.99. The monoisotopic (exact) mass is 349 g/mol. The molecule has 0 saturated heterocycles. The first-order chi connectivity index (χ1) is 12.6. The highest BCUT2D eigenvalue weighted by atomic mass is 16.1. The van der Waals surface area contributed by atoms with Crippen molar-refractivity contribution < 1.29 is 4.79 Å². The Morgan fingerprint density at radius 3 is 2.81 bits per heavy atom. The largest absolute Gasteiger partial charge is 0.369 e. The molecule has 2 heterocycles. The van der Waals surface area contributed by atoms with Gasteiger partial charge in [-0.15, -0.1) is 0 Å². The summed E-state index contributed by atoms with van der Waals surface area (Å²) in [4.78, 5) is 27.8. The Morgan fingerprint density at radius 2 is 2.00 bits per heavy atom. The van der Waals surface area contributed by atoms with Gasteiger partial charge in [0.1, 0.15) is 0 Å². The van der Waals surface area contributed by atoms with E-state index in [9.17, 15) is 9.59 Å². The highest BCUT2D eigenvalue weighted by molar-refractivity contribution is 5.75. The maximum atomic E-state index is 12.0. The van der Waals surface area contributed by atoms with Crippen molar-refractivity contribution >= 4 is 5.91 Å². The lowest BCUT2D eigenvalue weighted by molar-refractivity contribution is -0.117. The molecule has 0 fully saturated rings. The number of nitrogens with zero attached hydrogens (tertiary/aromatic N) is 4. The van der Waals surface area contributed by atoms with Crippen LogP contribution in [0, 0.1) is 0 Å². The predicted molar refractivity (Wildman–Crippen MR) is 96.1 cm³/mol. The number of rotatable bonds is 5. The lowest BCUT2D eigenvalue weighted by Crippen LogP contribution is -2.20. The molecular formula is C19H19N5O2. The fraction of sp³-hybridized carbons (Fsp3) is 0.263. The van der Waals surface area contributed by atoms with Gasteiger partial charge in [-0.05, 0) is 48.6 Å². The van der Waals surface area contributed by atoms with E-state index in [-0.39, 0.29) is 18.5 Å². The number of nitrogens with two attached hydrogens (primary N) is 1. The summed E-state index contributed by atoms with van der Waals surface area (Å²) in [5.74, 6) is 0.462. The van der Waals surface area contributed by atoms with Gasteiger partial charge >= 0.3 is 0 Å². The molecule has 0 bridgehead atoms. The summed E-state index contributed by atoms with van der Waals surface area (Å²) in [6, 6.07) is 11.2. The number of aryl methyl sites for hydroxylation is 2. The van der Waals surface area contributed by atoms with Crippen LogP contribution in [-0.4, -0.2) is 25.2 Å². The van der Waals surface area contributed by atoms with Crippen molar-refractivity contribution in [3.05, 3.63) is 75.7 Å². The Kier molecular flexibility index (Phi) is 4.12. The maximum absolute atomic E-state index is 12.0. The number of benzene rings is 1. The molecule has 1 aliphatic carbocycles. The van der Waals surface area contributed by atoms with Crippen molar-refractivity contribution in [3.63, 3.8) is 0 Å². The molecule has 7 nitrogen and oxygen atoms in total. The average Bonchev–Trinajstić information content (AvgIpc) is 3.22. The molecule has 0 atom stereocenters. The first-order valence-corrected chi connectivity index (χ1v) is 8.61. The number of amides is 1. The SMILES string of the molecule is NC(=O)Cc1nc(Cn2ccccc2=O)n(-c2ccc3c(c2)CCC3)n1. The fourth-order valence-corrected chi connectivity index (χ4v) is 3.37. The highest BCUT2D eigenvalue weighted by Crippen LogP contribution is 2.24. The van der Waals surface area contributed by atoms with Crippen molar-refractivity contribution in [1.82, 2.24) is 19.3 Å². The Bertz CT molecular complexity index is 1030. The zero-order valence-corrected chi connectivity index (χ0v) is 14.3. The Balaban J connectivity index is 1.77. The van der Waals surface area contributed by atoms with Gasteiger partial charge in [0, 0.05) is 12.3 Å². The predicted octanol–water partition coefficient (Wildman–Crippen LogP) is 0.994. The summed E-state index contributed by atoms with van der Waals surface area (Å²) in [7, 11) is 0. The number of hydrogen-bond donors (Lipinski definition) is 1. The van der Waals surface area contributed by atoms with Gasteiger partial charge in [0.15, 0.2) is 11.6 Å². The first-order valence-electron chi connectivity index (χ1n) is 8.61. The van der Waals surface area contributed by atoms with Gasteiger partial charge in [0.05, 0.1) is 18.7 Å². The number of aromatic nitrogens is 4. The van der Waals surface area contributed by atoms with E-state index in [4.69, 9.17) is 5.73 Å². The molecule has 0 spiro atoms. The molecule has 0 saturated carbocycles. The Morgan fingerprint density at radius 1 is 1.15 bits per heavy atom. The van der Waals surface area contributed by atoms with E-state index in [0.717, 1.165) is 24.9 Å². The van der Waals surface area contributed by atoms with Gasteiger partial charge in [0.2, 0.25) is 5.91 Å². The maximum Gasteiger partial charge on any atom is 0.250 e. The zero-order valence-electron chi connectivity index (χ0n) is 14.3. The van der Waals surface area contributed by atoms with Crippen LogP contribution in [0.1, 0.15) is 29.2 Å². The van der Waals surface area contributed by atoms with Crippen LogP contribution >= 0.6 is 0 Å². The van der Waals surface area contributed by atoms with E-state index in [0.29, 0.717) is 11.6 Å². The molecule has 7 heteroatoms. The van der Waals surface area contributed by atoms with Crippen LogP contribution in [-0.2, 0) is 30.6 Å². The molecule has 132 valence electrons. The number of carbonyl (C=O) groups is 1. The molecule has 3 aromatic rings. The van der Waals surface area contributed by atoms with Gasteiger partial charge in [-0.3, -0.25) is 9.59 Å². The van der Waals surface area contributed by atoms with Crippen LogP contribution in [0.3, 0.4) is 0 Å². The third kappa shape index (κ3) is 3.15. The molecule has 0 radical (unpaired) electrons. The Labute approximate surface area is 150 Å². The van der Waals surface area contributed by atoms with E-state index < -0.39 is 5.91 Å². The van der Waals surface area contributed by atoms with E-state index in [1.165, 1.54) is 17.2 Å². The fourth-order valence-electron chi connectivity index (χ4n) is 3.37. The molecule has 2 N–H and O–H groups in total. The normalized spacial score (nSPS) is 12.9. The van der Waals surface area contributed by atoms with Gasteiger partial charge < -0.3 is 10.3 Å². The smallest absolute Gasteiger partial charge is 0.250 e. The van der Waals surface area contributed by atoms with Crippen LogP contribution in [0.2, 0.25) is 0 Å². The van der Waals surface area contributed by atoms with Crippen molar-refractivity contribution in [3.8, 4) is 5.69 Å². The molecule has 1 amide bonds. The number of fused-ring (bicyclic) bond motifs is 1. The summed E-state index contributed by atoms with van der Waals surface area (Å²) in [5, 5.41) is 4.46. The third-order valence-corrected chi connectivity index (χ3v) is 4.59. The molecule has 0 aliphatic heterocycles. The summed E-state index contributed by atoms with van der Waals surface area (Å²) in [6.45, 7) is 0.266. The van der Waals surface area contributed by atoms with E-state index in [2.05, 4.69) is 22.2 Å². The van der Waals surface area contributed by atoms with Crippen LogP contribution in [0.4, 0.5) is 0 Å². The standard InChI is InChI=1S/C19H19N5O2/c20-16(25)11-17-21-18(12-23-9-2-1-6-19(23)26)24(22-17)15-8-7-13-4-3-5-14(13)10-15/h1-2,6-10H,3-5,11-12H2,(H2,20,25). The minimum absolute atomic E-state index is 0.0331. The highest BCUT2D eigenvalue weighted by Gasteiger charge is 2.17. The number of carbonyl (C=O) groups excluding carboxylic acids is 1. The lowest BCUT2D eigenvalue weighted by atomic mass is 10.1. The second-order valence-electron chi connectivity index (χ2n) is 6.47. The van der Waals surface area contributed by atoms with Crippen molar-refractivity contribution in [2.45, 2.75) is 32.2 Å². The third-order valence-electron chi connectivity index (χ3n) is 4.59. The molecule has 2 aromatic heterocycles. The Hall–Kier alpha value is -3.22. The zero-order chi connectivity index (χ0) is 18.1. The molecule has 1 aromatic carbocycles. The van der Waals surface area contributed by atoms with E-state index >= 15 is 0 Å². The second-order valence-corrected chi connectivity index (χ2v) is 6.47. The molecule has 0 unspecified atom stereocenters. The van der Waals surface area contributed by atoms with E-state index in [1.54, 1.807) is 27.6 Å². The number of pyridine rings is 1. The van der Waals surface area contributed by atoms with Crippen molar-refractivity contribution in [2.75, 3.05) is 0 Å². The lowest BCUT2D eigenvalue weighted by Gasteiger charge is -2.09. The van der Waals surface area contributed by atoms with Crippen LogP contribution in [0.15, 0.2) is 47.4 Å². The minimum Gasteiger partial charge on any atom is -0.369 e. The number of hydrogen-bond acceptors (Lipinski definition) is 4. The van der Waals surface area contributed by atoms with E-state index in [1.807, 2.05) is 6.07 Å². The van der Waals surface area contributed by atoms with Crippen molar-refractivity contribution in [1.29, 1.82) is 0 Å². The van der Waals surface area contributed by atoms with Gasteiger partial charge in [0.25, 0.3) is 5.56 Å². The summed E-state index contributed by atoms with van der Waals surface area (Å²) >= 11 is 0. The van der Waals surface area contributed by atoms with Gasteiger partial charge in [-0.25, -0.2) is 9.67 Å². The molecule has 26 heavy (non-hydrogen) atoms. The number of primary amides is 1.